The van der Waals surface area contributed by atoms with Crippen molar-refractivity contribution >= 4 is 23.6 Å². The van der Waals surface area contributed by atoms with Crippen LogP contribution in [0.5, 0.6) is 11.5 Å². The number of anilines is 1. The van der Waals surface area contributed by atoms with Crippen LogP contribution in [0.4, 0.5) is 10.1 Å². The van der Waals surface area contributed by atoms with E-state index < -0.39 is 23.8 Å². The molecule has 2 rings (SSSR count). The summed E-state index contributed by atoms with van der Waals surface area (Å²) in [5, 5.41) is 2.51. The molecule has 0 spiro atoms. The van der Waals surface area contributed by atoms with Gasteiger partial charge in [-0.2, -0.15) is 0 Å². The molecule has 0 fully saturated rings. The monoisotopic (exact) mass is 387 g/mol. The Morgan fingerprint density at radius 3 is 2.43 bits per heavy atom. The van der Waals surface area contributed by atoms with Crippen molar-refractivity contribution in [3.63, 3.8) is 0 Å². The van der Waals surface area contributed by atoms with Crippen molar-refractivity contribution in [3.8, 4) is 11.5 Å². The Labute approximate surface area is 162 Å². The zero-order valence-corrected chi connectivity index (χ0v) is 16.1. The van der Waals surface area contributed by atoms with Gasteiger partial charge in [0.1, 0.15) is 5.82 Å². The summed E-state index contributed by atoms with van der Waals surface area (Å²) < 4.78 is 29.0. The highest BCUT2D eigenvalue weighted by Gasteiger charge is 2.17. The molecule has 0 saturated carbocycles. The number of halogens is 1. The summed E-state index contributed by atoms with van der Waals surface area (Å²) in [5.74, 6) is -0.583. The molecule has 0 saturated heterocycles. The SMILES string of the molecule is COc1ccc(/C=C/C(=O)OC(C)C(=O)Nc2ccc(C)c(F)c2)cc1OC. The average Bonchev–Trinajstić information content (AvgIpc) is 2.68. The normalized spacial score (nSPS) is 11.8. The second kappa shape index (κ2) is 9.55. The third-order valence-corrected chi connectivity index (χ3v) is 3.92. The second-order valence-corrected chi connectivity index (χ2v) is 5.98. The van der Waals surface area contributed by atoms with Crippen LogP contribution in [0.25, 0.3) is 6.08 Å². The molecule has 0 aliphatic carbocycles. The van der Waals surface area contributed by atoms with Crippen molar-refractivity contribution in [2.75, 3.05) is 19.5 Å². The molecule has 1 N–H and O–H groups in total. The summed E-state index contributed by atoms with van der Waals surface area (Å²) in [6, 6.07) is 9.48. The number of hydrogen-bond donors (Lipinski definition) is 1. The van der Waals surface area contributed by atoms with Gasteiger partial charge in [0.15, 0.2) is 17.6 Å². The maximum atomic E-state index is 13.5. The predicted molar refractivity (Wildman–Crippen MR) is 104 cm³/mol. The van der Waals surface area contributed by atoms with Crippen LogP contribution in [0.3, 0.4) is 0 Å². The number of hydrogen-bond acceptors (Lipinski definition) is 5. The molecule has 7 heteroatoms. The Morgan fingerprint density at radius 1 is 1.07 bits per heavy atom. The molecular formula is C21H22FNO5. The van der Waals surface area contributed by atoms with E-state index in [1.54, 1.807) is 37.3 Å². The van der Waals surface area contributed by atoms with Crippen molar-refractivity contribution in [1.82, 2.24) is 0 Å². The number of nitrogens with one attached hydrogen (secondary N) is 1. The molecule has 2 aromatic rings. The van der Waals surface area contributed by atoms with Gasteiger partial charge >= 0.3 is 5.97 Å². The van der Waals surface area contributed by atoms with Crippen LogP contribution in [0, 0.1) is 12.7 Å². The van der Waals surface area contributed by atoms with E-state index in [1.807, 2.05) is 0 Å². The lowest BCUT2D eigenvalue weighted by molar-refractivity contribution is -0.148. The third kappa shape index (κ3) is 5.57. The third-order valence-electron chi connectivity index (χ3n) is 3.92. The number of benzene rings is 2. The Bertz CT molecular complexity index is 894. The van der Waals surface area contributed by atoms with E-state index in [1.165, 1.54) is 39.4 Å². The first kappa shape index (κ1) is 21.0. The van der Waals surface area contributed by atoms with Gasteiger partial charge in [-0.1, -0.05) is 12.1 Å². The van der Waals surface area contributed by atoms with E-state index in [9.17, 15) is 14.0 Å². The molecule has 0 radical (unpaired) electrons. The summed E-state index contributed by atoms with van der Waals surface area (Å²) in [7, 11) is 3.04. The lowest BCUT2D eigenvalue weighted by Gasteiger charge is -2.12. The molecule has 2 aromatic carbocycles. The van der Waals surface area contributed by atoms with Crippen molar-refractivity contribution in [1.29, 1.82) is 0 Å². The van der Waals surface area contributed by atoms with E-state index in [0.717, 1.165) is 0 Å². The quantitative estimate of drug-likeness (QED) is 0.579. The largest absolute Gasteiger partial charge is 0.493 e. The summed E-state index contributed by atoms with van der Waals surface area (Å²) in [6.07, 6.45) is 1.69. The first-order valence-corrected chi connectivity index (χ1v) is 8.51. The highest BCUT2D eigenvalue weighted by atomic mass is 19.1. The Balaban J connectivity index is 1.95. The topological polar surface area (TPSA) is 73.9 Å². The van der Waals surface area contributed by atoms with Crippen LogP contribution in [-0.4, -0.2) is 32.2 Å². The smallest absolute Gasteiger partial charge is 0.331 e. The van der Waals surface area contributed by atoms with Gasteiger partial charge in [-0.3, -0.25) is 4.79 Å². The first-order valence-electron chi connectivity index (χ1n) is 8.51. The van der Waals surface area contributed by atoms with Gasteiger partial charge in [0.2, 0.25) is 0 Å². The molecule has 28 heavy (non-hydrogen) atoms. The molecule has 0 aliphatic rings. The number of esters is 1. The average molecular weight is 387 g/mol. The minimum absolute atomic E-state index is 0.289. The maximum Gasteiger partial charge on any atom is 0.331 e. The summed E-state index contributed by atoms with van der Waals surface area (Å²) in [6.45, 7) is 3.05. The van der Waals surface area contributed by atoms with Crippen LogP contribution in [0.15, 0.2) is 42.5 Å². The molecule has 0 heterocycles. The van der Waals surface area contributed by atoms with Crippen LogP contribution in [0.2, 0.25) is 0 Å². The van der Waals surface area contributed by atoms with E-state index in [0.29, 0.717) is 22.6 Å². The molecule has 1 amide bonds. The fraction of sp³-hybridized carbons (Fsp3) is 0.238. The molecule has 148 valence electrons. The molecular weight excluding hydrogens is 365 g/mol. The highest BCUT2D eigenvalue weighted by molar-refractivity contribution is 5.96. The summed E-state index contributed by atoms with van der Waals surface area (Å²) in [4.78, 5) is 24.1. The van der Waals surface area contributed by atoms with Crippen LogP contribution in [0.1, 0.15) is 18.1 Å². The standard InChI is InChI=1S/C21H22FNO5/c1-13-5-8-16(12-17(13)22)23-21(25)14(2)28-20(24)10-7-15-6-9-18(26-3)19(11-15)27-4/h5-12,14H,1-4H3,(H,23,25)/b10-7+. The molecule has 0 bridgehead atoms. The van der Waals surface area contributed by atoms with Crippen molar-refractivity contribution in [2.24, 2.45) is 0 Å². The Morgan fingerprint density at radius 2 is 1.79 bits per heavy atom. The lowest BCUT2D eigenvalue weighted by atomic mass is 10.2. The summed E-state index contributed by atoms with van der Waals surface area (Å²) >= 11 is 0. The fourth-order valence-electron chi connectivity index (χ4n) is 2.30. The lowest BCUT2D eigenvalue weighted by Crippen LogP contribution is -2.29. The molecule has 0 aromatic heterocycles. The van der Waals surface area contributed by atoms with Gasteiger partial charge in [0.05, 0.1) is 14.2 Å². The molecule has 0 aliphatic heterocycles. The van der Waals surface area contributed by atoms with Gasteiger partial charge in [0, 0.05) is 11.8 Å². The van der Waals surface area contributed by atoms with Crippen molar-refractivity contribution in [3.05, 3.63) is 59.4 Å². The number of methoxy groups -OCH3 is 2. The van der Waals surface area contributed by atoms with Crippen LogP contribution >= 0.6 is 0 Å². The number of amides is 1. The van der Waals surface area contributed by atoms with E-state index in [2.05, 4.69) is 5.32 Å². The summed E-state index contributed by atoms with van der Waals surface area (Å²) in [5.41, 5.74) is 1.46. The van der Waals surface area contributed by atoms with Crippen LogP contribution in [-0.2, 0) is 14.3 Å². The van der Waals surface area contributed by atoms with E-state index >= 15 is 0 Å². The minimum atomic E-state index is -1.05. The molecule has 1 atom stereocenters. The van der Waals surface area contributed by atoms with Gasteiger partial charge in [0.25, 0.3) is 5.91 Å². The van der Waals surface area contributed by atoms with Crippen molar-refractivity contribution in [2.45, 2.75) is 20.0 Å². The van der Waals surface area contributed by atoms with E-state index in [4.69, 9.17) is 14.2 Å². The molecule has 6 nitrogen and oxygen atoms in total. The zero-order chi connectivity index (χ0) is 20.7. The first-order chi connectivity index (χ1) is 13.3. The fourth-order valence-corrected chi connectivity index (χ4v) is 2.30. The Kier molecular flexibility index (Phi) is 7.14. The molecule has 1 unspecified atom stereocenters. The van der Waals surface area contributed by atoms with Crippen molar-refractivity contribution < 1.29 is 28.2 Å². The predicted octanol–water partition coefficient (Wildman–Crippen LogP) is 3.73. The van der Waals surface area contributed by atoms with Gasteiger partial charge in [-0.25, -0.2) is 9.18 Å². The second-order valence-electron chi connectivity index (χ2n) is 5.98. The van der Waals surface area contributed by atoms with Crippen LogP contribution < -0.4 is 14.8 Å². The number of ether oxygens (including phenoxy) is 3. The number of carbonyl (C=O) groups excluding carboxylic acids is 2. The zero-order valence-electron chi connectivity index (χ0n) is 16.1. The highest BCUT2D eigenvalue weighted by Crippen LogP contribution is 2.28. The number of carbonyl (C=O) groups is 2. The number of aryl methyl sites for hydroxylation is 1. The minimum Gasteiger partial charge on any atom is -0.493 e. The van der Waals surface area contributed by atoms with Gasteiger partial charge in [-0.15, -0.1) is 0 Å². The maximum absolute atomic E-state index is 13.5. The van der Waals surface area contributed by atoms with Gasteiger partial charge < -0.3 is 19.5 Å². The van der Waals surface area contributed by atoms with E-state index in [-0.39, 0.29) is 5.69 Å². The number of rotatable bonds is 7. The van der Waals surface area contributed by atoms with Gasteiger partial charge in [-0.05, 0) is 55.3 Å². The Hall–Kier alpha value is -3.35.